The number of nitrogens with zero attached hydrogens (tertiary/aromatic N) is 1. The van der Waals surface area contributed by atoms with Crippen molar-refractivity contribution in [3.63, 3.8) is 0 Å². The summed E-state index contributed by atoms with van der Waals surface area (Å²) >= 11 is 0. The average Bonchev–Trinajstić information content (AvgIpc) is 2.87. The molecule has 2 aromatic carbocycles. The van der Waals surface area contributed by atoms with Gasteiger partial charge in [-0.25, -0.2) is 0 Å². The molecule has 178 valence electrons. The molecule has 1 saturated heterocycles. The SMILES string of the molecule is COCCCN1CCOc2ccc(CO[C@H]3CN[C@@H](C=O)CC3c3ccc(OC)cc3)cc21. The topological polar surface area (TPSA) is 69.3 Å². The number of carbonyl (C=O) groups is 1. The lowest BCUT2D eigenvalue weighted by atomic mass is 9.84. The lowest BCUT2D eigenvalue weighted by Gasteiger charge is -2.35. The zero-order valence-corrected chi connectivity index (χ0v) is 19.5. The van der Waals surface area contributed by atoms with Crippen molar-refractivity contribution >= 4 is 12.0 Å². The summed E-state index contributed by atoms with van der Waals surface area (Å²) in [5, 5.41) is 3.31. The van der Waals surface area contributed by atoms with Gasteiger partial charge in [-0.1, -0.05) is 18.2 Å². The summed E-state index contributed by atoms with van der Waals surface area (Å²) in [7, 11) is 3.40. The summed E-state index contributed by atoms with van der Waals surface area (Å²) in [6, 6.07) is 14.2. The van der Waals surface area contributed by atoms with E-state index in [0.29, 0.717) is 26.2 Å². The molecule has 2 aliphatic rings. The van der Waals surface area contributed by atoms with Gasteiger partial charge in [-0.05, 0) is 48.2 Å². The lowest BCUT2D eigenvalue weighted by Crippen LogP contribution is -2.47. The Bertz CT molecular complexity index is 904. The lowest BCUT2D eigenvalue weighted by molar-refractivity contribution is -0.111. The summed E-state index contributed by atoms with van der Waals surface area (Å²) in [4.78, 5) is 13.8. The van der Waals surface area contributed by atoms with Gasteiger partial charge < -0.3 is 34.0 Å². The molecule has 7 nitrogen and oxygen atoms in total. The first-order valence-corrected chi connectivity index (χ1v) is 11.7. The average molecular weight is 455 g/mol. The summed E-state index contributed by atoms with van der Waals surface area (Å²) < 4.78 is 22.8. The minimum absolute atomic E-state index is 0.0281. The van der Waals surface area contributed by atoms with E-state index >= 15 is 0 Å². The van der Waals surface area contributed by atoms with Gasteiger partial charge in [0, 0.05) is 32.7 Å². The number of methoxy groups -OCH3 is 2. The minimum Gasteiger partial charge on any atom is -0.497 e. The second-order valence-corrected chi connectivity index (χ2v) is 8.60. The monoisotopic (exact) mass is 454 g/mol. The molecule has 0 spiro atoms. The summed E-state index contributed by atoms with van der Waals surface area (Å²) in [5.41, 5.74) is 3.40. The van der Waals surface area contributed by atoms with Gasteiger partial charge in [0.2, 0.25) is 0 Å². The second-order valence-electron chi connectivity index (χ2n) is 8.60. The Morgan fingerprint density at radius 1 is 1.18 bits per heavy atom. The van der Waals surface area contributed by atoms with Crippen molar-refractivity contribution in [3.8, 4) is 11.5 Å². The highest BCUT2D eigenvalue weighted by molar-refractivity contribution is 5.61. The maximum Gasteiger partial charge on any atom is 0.142 e. The summed E-state index contributed by atoms with van der Waals surface area (Å²) in [5.74, 6) is 1.88. The largest absolute Gasteiger partial charge is 0.497 e. The smallest absolute Gasteiger partial charge is 0.142 e. The molecule has 0 radical (unpaired) electrons. The highest BCUT2D eigenvalue weighted by Crippen LogP contribution is 2.34. The van der Waals surface area contributed by atoms with Crippen LogP contribution in [0.15, 0.2) is 42.5 Å². The van der Waals surface area contributed by atoms with Crippen molar-refractivity contribution in [1.82, 2.24) is 5.32 Å². The maximum atomic E-state index is 11.4. The van der Waals surface area contributed by atoms with Crippen LogP contribution in [0.25, 0.3) is 0 Å². The van der Waals surface area contributed by atoms with E-state index in [9.17, 15) is 4.79 Å². The van der Waals surface area contributed by atoms with Crippen LogP contribution < -0.4 is 19.7 Å². The molecule has 1 unspecified atom stereocenters. The van der Waals surface area contributed by atoms with Gasteiger partial charge in [0.05, 0.1) is 38.1 Å². The number of hydrogen-bond acceptors (Lipinski definition) is 7. The van der Waals surface area contributed by atoms with Gasteiger partial charge in [-0.3, -0.25) is 0 Å². The normalized spacial score (nSPS) is 22.4. The quantitative estimate of drug-likeness (QED) is 0.437. The van der Waals surface area contributed by atoms with Crippen LogP contribution in [0.3, 0.4) is 0 Å². The predicted octanol–water partition coefficient (Wildman–Crippen LogP) is 3.16. The Hall–Kier alpha value is -2.61. The van der Waals surface area contributed by atoms with Crippen LogP contribution in [0, 0.1) is 0 Å². The number of hydrogen-bond donors (Lipinski definition) is 1. The first-order chi connectivity index (χ1) is 16.2. The highest BCUT2D eigenvalue weighted by Gasteiger charge is 2.32. The number of benzene rings is 2. The summed E-state index contributed by atoms with van der Waals surface area (Å²) in [6.07, 6.45) is 2.66. The molecule has 3 atom stereocenters. The highest BCUT2D eigenvalue weighted by atomic mass is 16.5. The van der Waals surface area contributed by atoms with Crippen molar-refractivity contribution in [3.05, 3.63) is 53.6 Å². The van der Waals surface area contributed by atoms with Crippen LogP contribution in [0.2, 0.25) is 0 Å². The van der Waals surface area contributed by atoms with Gasteiger partial charge in [-0.15, -0.1) is 0 Å². The molecule has 1 fully saturated rings. The fraction of sp³-hybridized carbons (Fsp3) is 0.500. The molecule has 1 N–H and O–H groups in total. The van der Waals surface area contributed by atoms with Gasteiger partial charge in [-0.2, -0.15) is 0 Å². The van der Waals surface area contributed by atoms with Crippen LogP contribution in [-0.4, -0.2) is 65.5 Å². The zero-order chi connectivity index (χ0) is 23.0. The van der Waals surface area contributed by atoms with E-state index in [1.165, 1.54) is 0 Å². The Kier molecular flexibility index (Phi) is 8.20. The summed E-state index contributed by atoms with van der Waals surface area (Å²) in [6.45, 7) is 4.40. The molecule has 4 rings (SSSR count). The fourth-order valence-electron chi connectivity index (χ4n) is 4.64. The number of rotatable bonds is 10. The Labute approximate surface area is 196 Å². The van der Waals surface area contributed by atoms with E-state index in [1.807, 2.05) is 18.2 Å². The number of piperidine rings is 1. The van der Waals surface area contributed by atoms with Crippen molar-refractivity contribution < 1.29 is 23.7 Å². The third-order valence-electron chi connectivity index (χ3n) is 6.47. The third-order valence-corrected chi connectivity index (χ3v) is 6.47. The number of aldehydes is 1. The Morgan fingerprint density at radius 2 is 2.03 bits per heavy atom. The molecular weight excluding hydrogens is 420 g/mol. The van der Waals surface area contributed by atoms with E-state index in [4.69, 9.17) is 18.9 Å². The Morgan fingerprint density at radius 3 is 2.79 bits per heavy atom. The molecular formula is C26H34N2O5. The van der Waals surface area contributed by atoms with Gasteiger partial charge >= 0.3 is 0 Å². The number of carbonyl (C=O) groups excluding carboxylic acids is 1. The van der Waals surface area contributed by atoms with Crippen molar-refractivity contribution in [2.75, 3.05) is 52.0 Å². The molecule has 7 heteroatoms. The molecule has 0 aliphatic carbocycles. The van der Waals surface area contributed by atoms with Crippen LogP contribution in [0.1, 0.15) is 29.9 Å². The van der Waals surface area contributed by atoms with E-state index in [-0.39, 0.29) is 18.1 Å². The fourth-order valence-corrected chi connectivity index (χ4v) is 4.64. The van der Waals surface area contributed by atoms with Crippen LogP contribution in [0.5, 0.6) is 11.5 Å². The number of anilines is 1. The zero-order valence-electron chi connectivity index (χ0n) is 19.5. The van der Waals surface area contributed by atoms with E-state index < -0.39 is 0 Å². The van der Waals surface area contributed by atoms with Crippen LogP contribution in [-0.2, 0) is 20.9 Å². The predicted molar refractivity (Wildman–Crippen MR) is 127 cm³/mol. The maximum absolute atomic E-state index is 11.4. The first kappa shape index (κ1) is 23.5. The number of nitrogens with one attached hydrogen (secondary N) is 1. The van der Waals surface area contributed by atoms with Crippen molar-refractivity contribution in [2.45, 2.75) is 37.5 Å². The van der Waals surface area contributed by atoms with Crippen LogP contribution in [0.4, 0.5) is 5.69 Å². The first-order valence-electron chi connectivity index (χ1n) is 11.7. The molecule has 2 heterocycles. The van der Waals surface area contributed by atoms with E-state index in [0.717, 1.165) is 60.7 Å². The molecule has 33 heavy (non-hydrogen) atoms. The standard InChI is InChI=1S/C26H34N2O5/c1-30-12-3-10-28-11-13-32-25-9-4-19(14-24(25)28)18-33-26-16-27-21(17-29)15-23(26)20-5-7-22(31-2)8-6-20/h4-9,14,17,21,23,26-27H,3,10-13,15-16,18H2,1-2H3/t21-,23?,26+/m1/s1. The van der Waals surface area contributed by atoms with Crippen molar-refractivity contribution in [1.29, 1.82) is 0 Å². The third kappa shape index (κ3) is 5.85. The molecule has 0 saturated carbocycles. The molecule has 2 aliphatic heterocycles. The number of ether oxygens (including phenoxy) is 4. The van der Waals surface area contributed by atoms with Gasteiger partial charge in [0.1, 0.15) is 24.4 Å². The molecule has 0 bridgehead atoms. The van der Waals surface area contributed by atoms with Gasteiger partial charge in [0.15, 0.2) is 0 Å². The van der Waals surface area contributed by atoms with Crippen LogP contribution >= 0.6 is 0 Å². The van der Waals surface area contributed by atoms with E-state index in [1.54, 1.807) is 14.2 Å². The molecule has 0 amide bonds. The number of fused-ring (bicyclic) bond motifs is 1. The second kappa shape index (κ2) is 11.5. The van der Waals surface area contributed by atoms with Gasteiger partial charge in [0.25, 0.3) is 0 Å². The van der Waals surface area contributed by atoms with Crippen molar-refractivity contribution in [2.24, 2.45) is 0 Å². The van der Waals surface area contributed by atoms with E-state index in [2.05, 4.69) is 34.5 Å². The molecule has 2 aromatic rings. The Balaban J connectivity index is 1.45. The minimum atomic E-state index is -0.154. The molecule has 0 aromatic heterocycles.